The van der Waals surface area contributed by atoms with Gasteiger partial charge in [-0.05, 0) is 30.5 Å². The maximum Gasteiger partial charge on any atom is 0.315 e. The molecule has 1 aromatic carbocycles. The Morgan fingerprint density at radius 1 is 1.08 bits per heavy atom. The first-order chi connectivity index (χ1) is 12.2. The number of amides is 3. The fourth-order valence-corrected chi connectivity index (χ4v) is 3.01. The van der Waals surface area contributed by atoms with Crippen molar-refractivity contribution in [1.82, 2.24) is 15.5 Å². The minimum Gasteiger partial charge on any atom is -0.467 e. The number of likely N-dealkylation sites (tertiary alicyclic amines) is 1. The molecule has 1 atom stereocenters. The van der Waals surface area contributed by atoms with E-state index < -0.39 is 0 Å². The van der Waals surface area contributed by atoms with E-state index in [2.05, 4.69) is 10.6 Å². The summed E-state index contributed by atoms with van der Waals surface area (Å²) in [5.41, 5.74) is 0.931. The molecule has 1 fully saturated rings. The van der Waals surface area contributed by atoms with E-state index in [0.717, 1.165) is 31.5 Å². The van der Waals surface area contributed by atoms with Crippen LogP contribution in [0.1, 0.15) is 36.6 Å². The molecule has 1 aliphatic heterocycles. The third-order valence-corrected chi connectivity index (χ3v) is 4.32. The van der Waals surface area contributed by atoms with Crippen LogP contribution in [0, 0.1) is 0 Å². The van der Waals surface area contributed by atoms with Crippen LogP contribution in [0.5, 0.6) is 0 Å². The number of hydrogen-bond donors (Lipinski definition) is 2. The van der Waals surface area contributed by atoms with Crippen molar-refractivity contribution >= 4 is 11.9 Å². The zero-order valence-electron chi connectivity index (χ0n) is 14.1. The van der Waals surface area contributed by atoms with E-state index in [1.165, 1.54) is 0 Å². The van der Waals surface area contributed by atoms with E-state index in [-0.39, 0.29) is 18.0 Å². The molecule has 2 aromatic rings. The summed E-state index contributed by atoms with van der Waals surface area (Å²) in [6.07, 6.45) is 4.05. The fraction of sp³-hybridized carbons (Fsp3) is 0.368. The van der Waals surface area contributed by atoms with Gasteiger partial charge in [0.2, 0.25) is 5.91 Å². The third kappa shape index (κ3) is 4.62. The molecule has 2 N–H and O–H groups in total. The molecule has 6 heteroatoms. The largest absolute Gasteiger partial charge is 0.467 e. The molecule has 1 unspecified atom stereocenters. The van der Waals surface area contributed by atoms with Gasteiger partial charge >= 0.3 is 6.03 Å². The van der Waals surface area contributed by atoms with Gasteiger partial charge in [0.25, 0.3) is 0 Å². The van der Waals surface area contributed by atoms with Crippen molar-refractivity contribution in [2.45, 2.75) is 25.3 Å². The van der Waals surface area contributed by atoms with E-state index in [0.29, 0.717) is 18.7 Å². The Hall–Kier alpha value is -2.76. The fourth-order valence-electron chi connectivity index (χ4n) is 3.01. The molecule has 0 radical (unpaired) electrons. The lowest BCUT2D eigenvalue weighted by atomic mass is 10.1. The molecule has 2 heterocycles. The lowest BCUT2D eigenvalue weighted by Gasteiger charge is -2.18. The highest BCUT2D eigenvalue weighted by atomic mass is 16.3. The predicted molar refractivity (Wildman–Crippen MR) is 94.0 cm³/mol. The summed E-state index contributed by atoms with van der Waals surface area (Å²) in [5.74, 6) is 0.762. The lowest BCUT2D eigenvalue weighted by molar-refractivity contribution is -0.129. The molecule has 1 aromatic heterocycles. The van der Waals surface area contributed by atoms with Gasteiger partial charge < -0.3 is 20.0 Å². The summed E-state index contributed by atoms with van der Waals surface area (Å²) in [5, 5.41) is 5.67. The molecule has 1 aliphatic rings. The van der Waals surface area contributed by atoms with Crippen molar-refractivity contribution in [2.75, 3.05) is 19.6 Å². The van der Waals surface area contributed by atoms with E-state index in [4.69, 9.17) is 4.42 Å². The van der Waals surface area contributed by atoms with Crippen molar-refractivity contribution in [3.05, 3.63) is 60.1 Å². The Kier molecular flexibility index (Phi) is 5.72. The van der Waals surface area contributed by atoms with Crippen LogP contribution in [0.4, 0.5) is 4.79 Å². The average Bonchev–Trinajstić information content (AvgIpc) is 3.34. The Morgan fingerprint density at radius 3 is 2.52 bits per heavy atom. The molecule has 0 aliphatic carbocycles. The molecule has 25 heavy (non-hydrogen) atoms. The first kappa shape index (κ1) is 17.1. The molecule has 0 spiro atoms. The number of carbonyl (C=O) groups is 2. The smallest absolute Gasteiger partial charge is 0.315 e. The molecular weight excluding hydrogens is 318 g/mol. The van der Waals surface area contributed by atoms with Crippen LogP contribution in [-0.2, 0) is 4.79 Å². The van der Waals surface area contributed by atoms with E-state index >= 15 is 0 Å². The van der Waals surface area contributed by atoms with Gasteiger partial charge in [-0.3, -0.25) is 4.79 Å². The molecule has 132 valence electrons. The first-order valence-corrected chi connectivity index (χ1v) is 8.64. The Morgan fingerprint density at radius 2 is 1.84 bits per heavy atom. The second-order valence-corrected chi connectivity index (χ2v) is 6.10. The van der Waals surface area contributed by atoms with E-state index in [1.54, 1.807) is 12.3 Å². The van der Waals surface area contributed by atoms with Crippen LogP contribution in [0.3, 0.4) is 0 Å². The highest BCUT2D eigenvalue weighted by molar-refractivity contribution is 5.78. The third-order valence-electron chi connectivity index (χ3n) is 4.32. The highest BCUT2D eigenvalue weighted by Gasteiger charge is 2.20. The maximum atomic E-state index is 12.2. The topological polar surface area (TPSA) is 74.6 Å². The summed E-state index contributed by atoms with van der Waals surface area (Å²) in [6.45, 7) is 1.99. The Bertz CT molecular complexity index is 679. The minimum absolute atomic E-state index is 0.100. The summed E-state index contributed by atoms with van der Waals surface area (Å²) in [7, 11) is 0. The van der Waals surface area contributed by atoms with Crippen LogP contribution in [0.2, 0.25) is 0 Å². The second-order valence-electron chi connectivity index (χ2n) is 6.10. The SMILES string of the molecule is O=C(NCCC(=O)N1CCCC1)NC(c1ccccc1)c1ccco1. The number of benzene rings is 1. The standard InChI is InChI=1S/C19H23N3O3/c23-17(22-12-4-5-13-22)10-11-20-19(24)21-18(16-9-6-14-25-16)15-7-2-1-3-8-15/h1-3,6-9,14,18H,4-5,10-13H2,(H2,20,21,24). The van der Waals surface area contributed by atoms with Crippen LogP contribution in [0.25, 0.3) is 0 Å². The molecule has 0 bridgehead atoms. The number of nitrogens with zero attached hydrogens (tertiary/aromatic N) is 1. The highest BCUT2D eigenvalue weighted by Crippen LogP contribution is 2.22. The number of furan rings is 1. The van der Waals surface area contributed by atoms with E-state index in [9.17, 15) is 9.59 Å². The van der Waals surface area contributed by atoms with Gasteiger partial charge in [-0.1, -0.05) is 30.3 Å². The van der Waals surface area contributed by atoms with Crippen LogP contribution in [0.15, 0.2) is 53.1 Å². The summed E-state index contributed by atoms with van der Waals surface area (Å²) < 4.78 is 5.46. The minimum atomic E-state index is -0.370. The van der Waals surface area contributed by atoms with Crippen molar-refractivity contribution in [2.24, 2.45) is 0 Å². The number of urea groups is 1. The predicted octanol–water partition coefficient (Wildman–Crippen LogP) is 2.68. The van der Waals surface area contributed by atoms with Gasteiger partial charge in [0, 0.05) is 26.1 Å². The monoisotopic (exact) mass is 341 g/mol. The molecule has 1 saturated heterocycles. The van der Waals surface area contributed by atoms with E-state index in [1.807, 2.05) is 41.3 Å². The van der Waals surface area contributed by atoms with Gasteiger partial charge in [-0.25, -0.2) is 4.79 Å². The average molecular weight is 341 g/mol. The molecule has 3 amide bonds. The Balaban J connectivity index is 1.53. The Labute approximate surface area is 147 Å². The summed E-state index contributed by atoms with van der Waals surface area (Å²) >= 11 is 0. The van der Waals surface area contributed by atoms with Gasteiger partial charge in [-0.2, -0.15) is 0 Å². The van der Waals surface area contributed by atoms with Crippen molar-refractivity contribution in [3.8, 4) is 0 Å². The van der Waals surface area contributed by atoms with Crippen molar-refractivity contribution in [3.63, 3.8) is 0 Å². The lowest BCUT2D eigenvalue weighted by Crippen LogP contribution is -2.40. The van der Waals surface area contributed by atoms with Gasteiger partial charge in [-0.15, -0.1) is 0 Å². The number of rotatable bonds is 6. The molecule has 0 saturated carbocycles. The summed E-state index contributed by atoms with van der Waals surface area (Å²) in [4.78, 5) is 26.1. The maximum absolute atomic E-state index is 12.2. The van der Waals surface area contributed by atoms with Crippen LogP contribution < -0.4 is 10.6 Å². The van der Waals surface area contributed by atoms with Crippen LogP contribution >= 0.6 is 0 Å². The van der Waals surface area contributed by atoms with Gasteiger partial charge in [0.1, 0.15) is 11.8 Å². The quantitative estimate of drug-likeness (QED) is 0.848. The van der Waals surface area contributed by atoms with Gasteiger partial charge in [0.15, 0.2) is 0 Å². The zero-order chi connectivity index (χ0) is 17.5. The molecular formula is C19H23N3O3. The molecule has 6 nitrogen and oxygen atoms in total. The van der Waals surface area contributed by atoms with Crippen molar-refractivity contribution in [1.29, 1.82) is 0 Å². The first-order valence-electron chi connectivity index (χ1n) is 8.64. The number of carbonyl (C=O) groups excluding carboxylic acids is 2. The second kappa shape index (κ2) is 8.37. The van der Waals surface area contributed by atoms with Crippen molar-refractivity contribution < 1.29 is 14.0 Å². The zero-order valence-corrected chi connectivity index (χ0v) is 14.1. The number of hydrogen-bond acceptors (Lipinski definition) is 3. The van der Waals surface area contributed by atoms with Gasteiger partial charge in [0.05, 0.1) is 6.26 Å². The summed E-state index contributed by atoms with van der Waals surface area (Å²) in [6, 6.07) is 12.6. The normalized spacial score (nSPS) is 15.0. The number of nitrogens with one attached hydrogen (secondary N) is 2. The van der Waals surface area contributed by atoms with Crippen LogP contribution in [-0.4, -0.2) is 36.5 Å². The molecule has 3 rings (SSSR count).